The van der Waals surface area contributed by atoms with Crippen molar-refractivity contribution in [3.8, 4) is 0 Å². The van der Waals surface area contributed by atoms with Gasteiger partial charge in [-0.3, -0.25) is 9.67 Å². The Balaban J connectivity index is 0.000000914. The molecule has 3 heterocycles. The number of hydrogen-bond acceptors (Lipinski definition) is 6. The Morgan fingerprint density at radius 3 is 2.52 bits per heavy atom. The van der Waals surface area contributed by atoms with Gasteiger partial charge in [0.15, 0.2) is 5.82 Å². The monoisotopic (exact) mass is 467 g/mol. The first-order chi connectivity index (χ1) is 15.9. The summed E-state index contributed by atoms with van der Waals surface area (Å²) in [6.07, 6.45) is 2.65. The van der Waals surface area contributed by atoms with Crippen molar-refractivity contribution in [2.24, 2.45) is 0 Å². The van der Waals surface area contributed by atoms with Crippen molar-refractivity contribution in [1.82, 2.24) is 19.7 Å². The zero-order chi connectivity index (χ0) is 24.7. The fourth-order valence-electron chi connectivity index (χ4n) is 3.98. The zero-order valence-electron chi connectivity index (χ0n) is 20.3. The SMILES string of the molecule is CC.CO.COC(=O)N1CCc2c(c(N(C)c3cnc(C)c(C(F)F)c3)nn2C2CCC2)C1. The van der Waals surface area contributed by atoms with Gasteiger partial charge in [-0.05, 0) is 32.3 Å². The molecule has 1 N–H and O–H groups in total. The van der Waals surface area contributed by atoms with Gasteiger partial charge in [-0.1, -0.05) is 13.8 Å². The number of hydrogen-bond donors (Lipinski definition) is 1. The second kappa shape index (κ2) is 11.9. The first kappa shape index (κ1) is 26.5. The molecule has 0 unspecified atom stereocenters. The van der Waals surface area contributed by atoms with Crippen molar-refractivity contribution < 1.29 is 23.4 Å². The average molecular weight is 468 g/mol. The van der Waals surface area contributed by atoms with Gasteiger partial charge < -0.3 is 19.6 Å². The van der Waals surface area contributed by atoms with E-state index in [1.165, 1.54) is 19.6 Å². The minimum Gasteiger partial charge on any atom is -0.453 e. The smallest absolute Gasteiger partial charge is 0.409 e. The van der Waals surface area contributed by atoms with Crippen LogP contribution in [0.1, 0.15) is 68.1 Å². The van der Waals surface area contributed by atoms with E-state index in [1.54, 1.807) is 30.0 Å². The van der Waals surface area contributed by atoms with Gasteiger partial charge in [0, 0.05) is 49.6 Å². The zero-order valence-corrected chi connectivity index (χ0v) is 20.3. The van der Waals surface area contributed by atoms with E-state index in [9.17, 15) is 13.6 Å². The second-order valence-corrected chi connectivity index (χ2v) is 7.65. The maximum Gasteiger partial charge on any atom is 0.409 e. The van der Waals surface area contributed by atoms with Crippen LogP contribution in [0.3, 0.4) is 0 Å². The number of nitrogens with zero attached hydrogens (tertiary/aromatic N) is 5. The largest absolute Gasteiger partial charge is 0.453 e. The van der Waals surface area contributed by atoms with Crippen LogP contribution in [0.25, 0.3) is 0 Å². The normalized spacial score (nSPS) is 14.9. The Morgan fingerprint density at radius 2 is 1.97 bits per heavy atom. The van der Waals surface area contributed by atoms with Crippen LogP contribution < -0.4 is 4.90 Å². The quantitative estimate of drug-likeness (QED) is 0.697. The predicted octanol–water partition coefficient (Wildman–Crippen LogP) is 4.78. The molecule has 1 saturated carbocycles. The van der Waals surface area contributed by atoms with E-state index < -0.39 is 6.43 Å². The van der Waals surface area contributed by atoms with E-state index in [2.05, 4.69) is 9.67 Å². The maximum absolute atomic E-state index is 13.4. The number of carbonyl (C=O) groups excluding carboxylic acids is 1. The summed E-state index contributed by atoms with van der Waals surface area (Å²) in [6, 6.07) is 1.83. The highest BCUT2D eigenvalue weighted by molar-refractivity contribution is 5.70. The van der Waals surface area contributed by atoms with Crippen LogP contribution in [0, 0.1) is 6.92 Å². The molecule has 10 heteroatoms. The molecule has 8 nitrogen and oxygen atoms in total. The fraction of sp³-hybridized carbons (Fsp3) is 0.609. The number of aromatic nitrogens is 3. The third-order valence-corrected chi connectivity index (χ3v) is 5.97. The molecule has 4 rings (SSSR count). The van der Waals surface area contributed by atoms with Gasteiger partial charge in [0.05, 0.1) is 31.6 Å². The number of amides is 1. The standard InChI is InChI=1S/C20H25F2N5O2.C2H6.CH4O/c1-12-15(18(21)22)9-14(10-23-12)25(2)19-16-11-26(20(28)29-3)8-7-17(16)27(24-19)13-5-4-6-13;2*1-2/h9-10,13,18H,4-8,11H2,1-3H3;1-2H3;2H,1H3. The lowest BCUT2D eigenvalue weighted by Crippen LogP contribution is -2.37. The number of ether oxygens (including phenoxy) is 1. The Hall–Kier alpha value is -2.75. The van der Waals surface area contributed by atoms with Crippen LogP contribution >= 0.6 is 0 Å². The average Bonchev–Trinajstić information content (AvgIpc) is 3.18. The van der Waals surface area contributed by atoms with Crippen LogP contribution in [-0.4, -0.2) is 58.7 Å². The van der Waals surface area contributed by atoms with E-state index in [-0.39, 0.29) is 11.7 Å². The molecule has 1 amide bonds. The lowest BCUT2D eigenvalue weighted by Gasteiger charge is -2.31. The van der Waals surface area contributed by atoms with Crippen molar-refractivity contribution >= 4 is 17.6 Å². The topological polar surface area (TPSA) is 83.7 Å². The summed E-state index contributed by atoms with van der Waals surface area (Å²) in [4.78, 5) is 19.6. The van der Waals surface area contributed by atoms with E-state index in [1.807, 2.05) is 13.8 Å². The van der Waals surface area contributed by atoms with Gasteiger partial charge in [-0.15, -0.1) is 0 Å². The van der Waals surface area contributed by atoms with E-state index in [4.69, 9.17) is 14.9 Å². The number of aliphatic hydroxyl groups excluding tert-OH is 1. The minimum atomic E-state index is -2.59. The van der Waals surface area contributed by atoms with Crippen LogP contribution in [-0.2, 0) is 17.7 Å². The summed E-state index contributed by atoms with van der Waals surface area (Å²) in [5.41, 5.74) is 2.83. The van der Waals surface area contributed by atoms with Crippen LogP contribution in [0.4, 0.5) is 25.1 Å². The molecular weight excluding hydrogens is 432 g/mol. The lowest BCUT2D eigenvalue weighted by molar-refractivity contribution is 0.118. The minimum absolute atomic E-state index is 0.0853. The Morgan fingerprint density at radius 1 is 1.30 bits per heavy atom. The summed E-state index contributed by atoms with van der Waals surface area (Å²) in [5.74, 6) is 0.673. The predicted molar refractivity (Wildman–Crippen MR) is 123 cm³/mol. The van der Waals surface area contributed by atoms with Crippen molar-refractivity contribution in [1.29, 1.82) is 0 Å². The number of pyridine rings is 1. The highest BCUT2D eigenvalue weighted by Crippen LogP contribution is 2.39. The molecule has 0 bridgehead atoms. The lowest BCUT2D eigenvalue weighted by atomic mass is 9.92. The van der Waals surface area contributed by atoms with Crippen LogP contribution in [0.5, 0.6) is 0 Å². The molecule has 0 saturated heterocycles. The molecule has 2 aromatic rings. The summed E-state index contributed by atoms with van der Waals surface area (Å²) >= 11 is 0. The van der Waals surface area contributed by atoms with Gasteiger partial charge in [-0.25, -0.2) is 13.6 Å². The van der Waals surface area contributed by atoms with Crippen molar-refractivity contribution in [3.63, 3.8) is 0 Å². The number of fused-ring (bicyclic) bond motifs is 1. The van der Waals surface area contributed by atoms with Gasteiger partial charge in [0.25, 0.3) is 6.43 Å². The molecule has 33 heavy (non-hydrogen) atoms. The number of aliphatic hydroxyl groups is 1. The number of anilines is 2. The van der Waals surface area contributed by atoms with Crippen LogP contribution in [0.2, 0.25) is 0 Å². The molecule has 0 aromatic carbocycles. The van der Waals surface area contributed by atoms with Gasteiger partial charge in [0.1, 0.15) is 0 Å². The van der Waals surface area contributed by atoms with Crippen molar-refractivity contribution in [3.05, 3.63) is 34.8 Å². The van der Waals surface area contributed by atoms with Gasteiger partial charge >= 0.3 is 6.09 Å². The summed E-state index contributed by atoms with van der Waals surface area (Å²) < 4.78 is 33.7. The molecular formula is C23H35F2N5O3. The molecule has 184 valence electrons. The highest BCUT2D eigenvalue weighted by Gasteiger charge is 2.33. The Labute approximate surface area is 194 Å². The highest BCUT2D eigenvalue weighted by atomic mass is 19.3. The Bertz CT molecular complexity index is 931. The number of carbonyl (C=O) groups is 1. The molecule has 0 atom stereocenters. The fourth-order valence-corrected chi connectivity index (χ4v) is 3.98. The van der Waals surface area contributed by atoms with Crippen LogP contribution in [0.15, 0.2) is 12.3 Å². The molecule has 1 fully saturated rings. The molecule has 0 radical (unpaired) electrons. The maximum atomic E-state index is 13.4. The summed E-state index contributed by atoms with van der Waals surface area (Å²) in [5, 5.41) is 11.9. The first-order valence-corrected chi connectivity index (χ1v) is 11.3. The number of halogens is 2. The van der Waals surface area contributed by atoms with E-state index in [0.29, 0.717) is 42.8 Å². The third-order valence-electron chi connectivity index (χ3n) is 5.97. The number of alkyl halides is 2. The van der Waals surface area contributed by atoms with Gasteiger partial charge in [-0.2, -0.15) is 5.10 Å². The molecule has 2 aromatic heterocycles. The summed E-state index contributed by atoms with van der Waals surface area (Å²) in [6.45, 7) is 6.53. The molecule has 1 aliphatic heterocycles. The van der Waals surface area contributed by atoms with Crippen molar-refractivity contribution in [2.45, 2.75) is 65.5 Å². The van der Waals surface area contributed by atoms with E-state index in [0.717, 1.165) is 31.2 Å². The van der Waals surface area contributed by atoms with Crippen molar-refractivity contribution in [2.75, 3.05) is 32.7 Å². The first-order valence-electron chi connectivity index (χ1n) is 11.3. The van der Waals surface area contributed by atoms with E-state index >= 15 is 0 Å². The molecule has 0 spiro atoms. The second-order valence-electron chi connectivity index (χ2n) is 7.65. The number of rotatable bonds is 4. The molecule has 2 aliphatic rings. The summed E-state index contributed by atoms with van der Waals surface area (Å²) in [7, 11) is 4.17. The number of methoxy groups -OCH3 is 1. The number of aryl methyl sites for hydroxylation is 1. The third kappa shape index (κ3) is 5.43. The molecule has 1 aliphatic carbocycles. The Kier molecular flexibility index (Phi) is 9.57. The van der Waals surface area contributed by atoms with Gasteiger partial charge in [0.2, 0.25) is 0 Å².